The fourth-order valence-electron chi connectivity index (χ4n) is 2.64. The molecule has 2 heterocycles. The molecule has 0 N–H and O–H groups in total. The second kappa shape index (κ2) is 5.83. The largest absolute Gasteiger partial charge is 0.431 e. The molecule has 0 unspecified atom stereocenters. The molecule has 0 amide bonds. The van der Waals surface area contributed by atoms with Gasteiger partial charge in [-0.2, -0.15) is 17.5 Å². The highest BCUT2D eigenvalue weighted by Gasteiger charge is 2.35. The van der Waals surface area contributed by atoms with Gasteiger partial charge < -0.3 is 0 Å². The fourth-order valence-corrected chi connectivity index (χ4v) is 3.53. The van der Waals surface area contributed by atoms with E-state index in [1.165, 1.54) is 17.6 Å². The summed E-state index contributed by atoms with van der Waals surface area (Å²) in [5.41, 5.74) is -2.31. The van der Waals surface area contributed by atoms with Crippen LogP contribution in [0.2, 0.25) is 0 Å². The van der Waals surface area contributed by atoms with Crippen molar-refractivity contribution in [3.8, 4) is 5.69 Å². The van der Waals surface area contributed by atoms with Crippen molar-refractivity contribution in [3.63, 3.8) is 0 Å². The van der Waals surface area contributed by atoms with E-state index in [9.17, 15) is 22.8 Å². The molecule has 0 aliphatic rings. The average Bonchev–Trinajstić information content (AvgIpc) is 2.93. The van der Waals surface area contributed by atoms with E-state index < -0.39 is 23.1 Å². The molecule has 0 atom stereocenters. The van der Waals surface area contributed by atoms with E-state index in [0.29, 0.717) is 10.6 Å². The monoisotopic (exact) mass is 369 g/mol. The summed E-state index contributed by atoms with van der Waals surface area (Å²) in [5.74, 6) is 0.135. The Morgan fingerprint density at radius 3 is 2.44 bits per heavy atom. The Morgan fingerprint density at radius 2 is 1.84 bits per heavy atom. The molecule has 1 aromatic carbocycles. The van der Waals surface area contributed by atoms with Crippen molar-refractivity contribution in [3.05, 3.63) is 56.5 Å². The molecule has 0 fully saturated rings. The summed E-state index contributed by atoms with van der Waals surface area (Å²) in [7, 11) is 0.991. The van der Waals surface area contributed by atoms with E-state index in [-0.39, 0.29) is 11.6 Å². The van der Waals surface area contributed by atoms with E-state index in [4.69, 9.17) is 0 Å². The van der Waals surface area contributed by atoms with Gasteiger partial charge in [0.25, 0.3) is 5.56 Å². The first-order valence-electron chi connectivity index (χ1n) is 7.41. The maximum absolute atomic E-state index is 12.9. The van der Waals surface area contributed by atoms with Crippen molar-refractivity contribution >= 4 is 21.6 Å². The number of rotatable bonds is 2. The van der Waals surface area contributed by atoms with Crippen molar-refractivity contribution in [1.29, 1.82) is 0 Å². The first-order valence-corrected chi connectivity index (χ1v) is 8.18. The highest BCUT2D eigenvalue weighted by Crippen LogP contribution is 2.30. The Morgan fingerprint density at radius 1 is 1.16 bits per heavy atom. The van der Waals surface area contributed by atoms with Crippen LogP contribution in [0.4, 0.5) is 13.2 Å². The van der Waals surface area contributed by atoms with Gasteiger partial charge in [-0.05, 0) is 35.6 Å². The van der Waals surface area contributed by atoms with Crippen LogP contribution < -0.4 is 11.2 Å². The normalized spacial score (nSPS) is 12.3. The summed E-state index contributed by atoms with van der Waals surface area (Å²) in [5, 5.41) is 0.784. The summed E-state index contributed by atoms with van der Waals surface area (Å²) >= 11 is 1.29. The first-order chi connectivity index (χ1) is 11.6. The van der Waals surface area contributed by atoms with Crippen molar-refractivity contribution in [2.24, 2.45) is 7.05 Å². The first kappa shape index (κ1) is 17.4. The highest BCUT2D eigenvalue weighted by atomic mass is 32.1. The lowest BCUT2D eigenvalue weighted by Gasteiger charge is -2.14. The number of fused-ring (bicyclic) bond motifs is 1. The Balaban J connectivity index is 2.29. The average molecular weight is 369 g/mol. The minimum absolute atomic E-state index is 0.135. The van der Waals surface area contributed by atoms with Gasteiger partial charge in [-0.3, -0.25) is 9.36 Å². The van der Waals surface area contributed by atoms with Crippen molar-refractivity contribution in [2.75, 3.05) is 0 Å². The van der Waals surface area contributed by atoms with Crippen LogP contribution in [0.3, 0.4) is 0 Å². The maximum Gasteiger partial charge on any atom is 0.431 e. The minimum atomic E-state index is -4.78. The molecule has 3 aromatic rings. The van der Waals surface area contributed by atoms with Crippen LogP contribution >= 0.6 is 11.5 Å². The van der Waals surface area contributed by atoms with Crippen LogP contribution in [0.1, 0.15) is 31.2 Å². The zero-order chi connectivity index (χ0) is 18.5. The topological polar surface area (TPSA) is 56.9 Å². The Hall–Kier alpha value is -2.42. The van der Waals surface area contributed by atoms with Gasteiger partial charge in [0.15, 0.2) is 0 Å². The molecule has 0 saturated carbocycles. The summed E-state index contributed by atoms with van der Waals surface area (Å²) in [6.07, 6.45) is -4.78. The van der Waals surface area contributed by atoms with Crippen molar-refractivity contribution < 1.29 is 13.2 Å². The lowest BCUT2D eigenvalue weighted by Crippen LogP contribution is -2.40. The second-order valence-electron chi connectivity index (χ2n) is 5.95. The quantitative estimate of drug-likeness (QED) is 0.697. The van der Waals surface area contributed by atoms with Gasteiger partial charge in [0.05, 0.1) is 16.1 Å². The molecule has 2 aromatic heterocycles. The number of halogens is 3. The van der Waals surface area contributed by atoms with Crippen LogP contribution in [-0.2, 0) is 13.2 Å². The van der Waals surface area contributed by atoms with Crippen LogP contribution in [0, 0.1) is 0 Å². The van der Waals surface area contributed by atoms with Crippen LogP contribution in [-0.4, -0.2) is 13.5 Å². The van der Waals surface area contributed by atoms with Gasteiger partial charge >= 0.3 is 11.9 Å². The predicted octanol–water partition coefficient (Wildman–Crippen LogP) is 3.29. The van der Waals surface area contributed by atoms with Crippen LogP contribution in [0.15, 0.2) is 33.9 Å². The predicted molar refractivity (Wildman–Crippen MR) is 89.5 cm³/mol. The third kappa shape index (κ3) is 2.88. The number of aromatic nitrogens is 3. The second-order valence-corrected chi connectivity index (χ2v) is 6.75. The lowest BCUT2D eigenvalue weighted by atomic mass is 10.1. The number of hydrogen-bond donors (Lipinski definition) is 0. The van der Waals surface area contributed by atoms with Crippen molar-refractivity contribution in [1.82, 2.24) is 13.5 Å². The standard InChI is InChI=1S/C16H14F3N3O2S/c1-8(2)14-10-6-9(4-5-11(10)25-20-14)22-13(23)7-12(16(17,18)19)21(3)15(22)24/h4-8H,1-3H3. The smallest absolute Gasteiger partial charge is 0.292 e. The zero-order valence-corrected chi connectivity index (χ0v) is 14.4. The molecule has 0 spiro atoms. The molecular weight excluding hydrogens is 355 g/mol. The number of alkyl halides is 3. The molecular formula is C16H14F3N3O2S. The van der Waals surface area contributed by atoms with Gasteiger partial charge in [-0.15, -0.1) is 0 Å². The van der Waals surface area contributed by atoms with Gasteiger partial charge in [0.2, 0.25) is 0 Å². The Labute approximate surface area is 144 Å². The molecule has 132 valence electrons. The minimum Gasteiger partial charge on any atom is -0.292 e. The number of nitrogens with zero attached hydrogens (tertiary/aromatic N) is 3. The SMILES string of the molecule is CC(C)c1nsc2ccc(-n3c(=O)cc(C(F)(F)F)n(C)c3=O)cc12. The molecule has 0 saturated heterocycles. The number of benzene rings is 1. The zero-order valence-electron chi connectivity index (χ0n) is 13.6. The third-order valence-corrected chi connectivity index (χ3v) is 4.74. The molecule has 3 rings (SSSR count). The maximum atomic E-state index is 12.9. The molecule has 0 bridgehead atoms. The van der Waals surface area contributed by atoms with Gasteiger partial charge in [-0.1, -0.05) is 13.8 Å². The van der Waals surface area contributed by atoms with E-state index in [1.807, 2.05) is 13.8 Å². The third-order valence-electron chi connectivity index (χ3n) is 3.90. The van der Waals surface area contributed by atoms with Gasteiger partial charge in [0.1, 0.15) is 5.69 Å². The Bertz CT molecular complexity index is 1080. The van der Waals surface area contributed by atoms with E-state index >= 15 is 0 Å². The van der Waals surface area contributed by atoms with Gasteiger partial charge in [-0.25, -0.2) is 9.36 Å². The van der Waals surface area contributed by atoms with Crippen LogP contribution in [0.5, 0.6) is 0 Å². The van der Waals surface area contributed by atoms with Crippen molar-refractivity contribution in [2.45, 2.75) is 25.9 Å². The van der Waals surface area contributed by atoms with E-state index in [1.54, 1.807) is 12.1 Å². The fraction of sp³-hybridized carbons (Fsp3) is 0.312. The summed E-state index contributed by atoms with van der Waals surface area (Å²) in [4.78, 5) is 24.6. The molecule has 0 aliphatic carbocycles. The Kier molecular flexibility index (Phi) is 4.06. The summed E-state index contributed by atoms with van der Waals surface area (Å²) in [6, 6.07) is 5.28. The molecule has 0 radical (unpaired) electrons. The molecule has 5 nitrogen and oxygen atoms in total. The lowest BCUT2D eigenvalue weighted by molar-refractivity contribution is -0.144. The van der Waals surface area contributed by atoms with Crippen LogP contribution in [0.25, 0.3) is 15.8 Å². The van der Waals surface area contributed by atoms with Gasteiger partial charge in [0, 0.05) is 18.5 Å². The van der Waals surface area contributed by atoms with E-state index in [0.717, 1.165) is 27.4 Å². The number of hydrogen-bond acceptors (Lipinski definition) is 4. The summed E-state index contributed by atoms with van der Waals surface area (Å²) in [6.45, 7) is 3.93. The molecule has 25 heavy (non-hydrogen) atoms. The highest BCUT2D eigenvalue weighted by molar-refractivity contribution is 7.13. The summed E-state index contributed by atoms with van der Waals surface area (Å²) < 4.78 is 45.2. The molecule has 0 aliphatic heterocycles. The van der Waals surface area contributed by atoms with E-state index in [2.05, 4.69) is 4.37 Å². The molecule has 9 heteroatoms.